The molecule has 0 fully saturated rings. The van der Waals surface area contributed by atoms with Gasteiger partial charge in [-0.25, -0.2) is 4.79 Å². The molecule has 0 aliphatic heterocycles. The molecule has 6 nitrogen and oxygen atoms in total. The van der Waals surface area contributed by atoms with Gasteiger partial charge in [-0.15, -0.1) is 11.3 Å². The average Bonchev–Trinajstić information content (AvgIpc) is 3.03. The summed E-state index contributed by atoms with van der Waals surface area (Å²) in [5.41, 5.74) is 12.6. The van der Waals surface area contributed by atoms with Crippen molar-refractivity contribution in [2.24, 2.45) is 11.5 Å². The molecule has 0 saturated carbocycles. The van der Waals surface area contributed by atoms with E-state index in [2.05, 4.69) is 0 Å². The number of hydrogen-bond donors (Lipinski definition) is 2. The largest absolute Gasteiger partial charge is 0.465 e. The van der Waals surface area contributed by atoms with Crippen LogP contribution in [0.3, 0.4) is 0 Å². The minimum atomic E-state index is -0.600. The third-order valence-corrected chi connectivity index (χ3v) is 4.08. The summed E-state index contributed by atoms with van der Waals surface area (Å²) in [5.74, 6) is 0.0548. The van der Waals surface area contributed by atoms with Crippen LogP contribution in [0.15, 0.2) is 21.9 Å². The Morgan fingerprint density at radius 3 is 2.76 bits per heavy atom. The van der Waals surface area contributed by atoms with Crippen LogP contribution in [0.2, 0.25) is 0 Å². The van der Waals surface area contributed by atoms with Gasteiger partial charge in [-0.1, -0.05) is 0 Å². The average molecular weight is 308 g/mol. The number of primary amides is 1. The van der Waals surface area contributed by atoms with Crippen molar-refractivity contribution in [1.29, 1.82) is 0 Å². The molecule has 0 spiro atoms. The van der Waals surface area contributed by atoms with E-state index in [0.717, 1.165) is 5.56 Å². The van der Waals surface area contributed by atoms with Gasteiger partial charge < -0.3 is 20.6 Å². The van der Waals surface area contributed by atoms with Crippen molar-refractivity contribution in [2.45, 2.75) is 19.4 Å². The molecule has 0 aliphatic carbocycles. The second kappa shape index (κ2) is 6.11. The summed E-state index contributed by atoms with van der Waals surface area (Å²) in [6.45, 7) is 1.88. The Bertz CT molecular complexity index is 674. The van der Waals surface area contributed by atoms with Gasteiger partial charge in [0, 0.05) is 12.0 Å². The molecule has 1 amide bonds. The standard InChI is InChI=1S/C14H16N2O4S/c1-7-6-21-13(14(18)19-2)12(7)10-4-3-9(20-10)8(15)5-11(16)17/h3-4,6,8H,5,15H2,1-2H3,(H2,16,17). The fraction of sp³-hybridized carbons (Fsp3) is 0.286. The molecule has 1 atom stereocenters. The molecule has 0 radical (unpaired) electrons. The van der Waals surface area contributed by atoms with Gasteiger partial charge in [0.25, 0.3) is 0 Å². The van der Waals surface area contributed by atoms with Gasteiger partial charge in [-0.3, -0.25) is 4.79 Å². The van der Waals surface area contributed by atoms with Crippen LogP contribution in [0.4, 0.5) is 0 Å². The number of aryl methyl sites for hydroxylation is 1. The van der Waals surface area contributed by atoms with Crippen LogP contribution < -0.4 is 11.5 Å². The molecule has 2 aromatic rings. The number of thiophene rings is 1. The third kappa shape index (κ3) is 3.14. The van der Waals surface area contributed by atoms with Gasteiger partial charge in [-0.2, -0.15) is 0 Å². The molecule has 2 heterocycles. The summed E-state index contributed by atoms with van der Waals surface area (Å²) < 4.78 is 10.4. The van der Waals surface area contributed by atoms with E-state index in [1.807, 2.05) is 12.3 Å². The number of carbonyl (C=O) groups is 2. The topological polar surface area (TPSA) is 109 Å². The van der Waals surface area contributed by atoms with Gasteiger partial charge in [0.05, 0.1) is 13.2 Å². The first-order chi connectivity index (χ1) is 9.93. The molecule has 2 rings (SSSR count). The minimum Gasteiger partial charge on any atom is -0.465 e. The Morgan fingerprint density at radius 2 is 2.14 bits per heavy atom. The minimum absolute atomic E-state index is 0.000564. The van der Waals surface area contributed by atoms with E-state index in [1.165, 1.54) is 18.4 Å². The fourth-order valence-electron chi connectivity index (χ4n) is 2.00. The van der Waals surface area contributed by atoms with E-state index < -0.39 is 17.9 Å². The summed E-state index contributed by atoms with van der Waals surface area (Å²) in [7, 11) is 1.33. The monoisotopic (exact) mass is 308 g/mol. The summed E-state index contributed by atoms with van der Waals surface area (Å²) in [5, 5.41) is 1.85. The number of amides is 1. The smallest absolute Gasteiger partial charge is 0.348 e. The quantitative estimate of drug-likeness (QED) is 0.821. The molecule has 0 aliphatic rings. The maximum Gasteiger partial charge on any atom is 0.348 e. The van der Waals surface area contributed by atoms with Crippen molar-refractivity contribution in [3.05, 3.63) is 33.7 Å². The first-order valence-corrected chi connectivity index (χ1v) is 7.12. The lowest BCUT2D eigenvalue weighted by atomic mass is 10.1. The van der Waals surface area contributed by atoms with Gasteiger partial charge in [-0.05, 0) is 30.0 Å². The number of ether oxygens (including phenoxy) is 1. The molecule has 112 valence electrons. The van der Waals surface area contributed by atoms with Gasteiger partial charge in [0.15, 0.2) is 0 Å². The number of methoxy groups -OCH3 is 1. The van der Waals surface area contributed by atoms with Gasteiger partial charge in [0.1, 0.15) is 16.4 Å². The molecular formula is C14H16N2O4S. The fourth-order valence-corrected chi connectivity index (χ4v) is 2.97. The summed E-state index contributed by atoms with van der Waals surface area (Å²) in [4.78, 5) is 23.1. The number of carbonyl (C=O) groups excluding carboxylic acids is 2. The second-order valence-corrected chi connectivity index (χ2v) is 5.47. The normalized spacial score (nSPS) is 12.1. The number of hydrogen-bond acceptors (Lipinski definition) is 6. The molecule has 0 saturated heterocycles. The Labute approximate surface area is 125 Å². The maximum atomic E-state index is 11.8. The van der Waals surface area contributed by atoms with E-state index in [-0.39, 0.29) is 6.42 Å². The van der Waals surface area contributed by atoms with Crippen LogP contribution in [0.25, 0.3) is 11.3 Å². The predicted octanol–water partition coefficient (Wildman–Crippen LogP) is 1.98. The van der Waals surface area contributed by atoms with Gasteiger partial charge >= 0.3 is 5.97 Å². The Balaban J connectivity index is 2.36. The molecule has 2 aromatic heterocycles. The number of nitrogens with two attached hydrogens (primary N) is 2. The zero-order valence-corrected chi connectivity index (χ0v) is 12.5. The maximum absolute atomic E-state index is 11.8. The van der Waals surface area contributed by atoms with Crippen molar-refractivity contribution < 1.29 is 18.7 Å². The lowest BCUT2D eigenvalue weighted by molar-refractivity contribution is -0.118. The zero-order chi connectivity index (χ0) is 15.6. The van der Waals surface area contributed by atoms with E-state index in [0.29, 0.717) is 22.0 Å². The molecule has 1 unspecified atom stereocenters. The molecule has 0 aromatic carbocycles. The van der Waals surface area contributed by atoms with Crippen molar-refractivity contribution >= 4 is 23.2 Å². The summed E-state index contributed by atoms with van der Waals surface area (Å²) in [6, 6.07) is 2.80. The first kappa shape index (κ1) is 15.3. The summed E-state index contributed by atoms with van der Waals surface area (Å²) in [6.07, 6.45) is -0.000564. The molecule has 0 bridgehead atoms. The highest BCUT2D eigenvalue weighted by Crippen LogP contribution is 2.35. The van der Waals surface area contributed by atoms with Crippen LogP contribution in [0.1, 0.15) is 33.5 Å². The number of furan rings is 1. The molecule has 4 N–H and O–H groups in total. The van der Waals surface area contributed by atoms with Crippen LogP contribution in [-0.2, 0) is 9.53 Å². The number of esters is 1. The number of rotatable bonds is 5. The molecular weight excluding hydrogens is 292 g/mol. The van der Waals surface area contributed by atoms with Crippen LogP contribution in [0.5, 0.6) is 0 Å². The first-order valence-electron chi connectivity index (χ1n) is 6.24. The summed E-state index contributed by atoms with van der Waals surface area (Å²) >= 11 is 1.29. The van der Waals surface area contributed by atoms with E-state index in [4.69, 9.17) is 20.6 Å². The Kier molecular flexibility index (Phi) is 4.44. The third-order valence-electron chi connectivity index (χ3n) is 3.01. The lowest BCUT2D eigenvalue weighted by Crippen LogP contribution is -2.20. The SMILES string of the molecule is COC(=O)c1scc(C)c1-c1ccc(C(N)CC(N)=O)o1. The highest BCUT2D eigenvalue weighted by Gasteiger charge is 2.22. The van der Waals surface area contributed by atoms with Crippen LogP contribution >= 0.6 is 11.3 Å². The second-order valence-electron chi connectivity index (χ2n) is 4.59. The highest BCUT2D eigenvalue weighted by molar-refractivity contribution is 7.12. The van der Waals surface area contributed by atoms with E-state index in [9.17, 15) is 9.59 Å². The van der Waals surface area contributed by atoms with Crippen LogP contribution in [0, 0.1) is 6.92 Å². The Morgan fingerprint density at radius 1 is 1.43 bits per heavy atom. The predicted molar refractivity (Wildman–Crippen MR) is 78.8 cm³/mol. The van der Waals surface area contributed by atoms with Crippen molar-refractivity contribution in [3.63, 3.8) is 0 Å². The van der Waals surface area contributed by atoms with E-state index >= 15 is 0 Å². The van der Waals surface area contributed by atoms with Gasteiger partial charge in [0.2, 0.25) is 5.91 Å². The van der Waals surface area contributed by atoms with Crippen LogP contribution in [-0.4, -0.2) is 19.0 Å². The van der Waals surface area contributed by atoms with Crippen molar-refractivity contribution in [2.75, 3.05) is 7.11 Å². The highest BCUT2D eigenvalue weighted by atomic mass is 32.1. The molecule has 7 heteroatoms. The van der Waals surface area contributed by atoms with E-state index in [1.54, 1.807) is 12.1 Å². The van der Waals surface area contributed by atoms with Crippen molar-refractivity contribution in [1.82, 2.24) is 0 Å². The molecule has 21 heavy (non-hydrogen) atoms. The lowest BCUT2D eigenvalue weighted by Gasteiger charge is -2.06. The Hall–Kier alpha value is -2.12. The van der Waals surface area contributed by atoms with Crippen molar-refractivity contribution in [3.8, 4) is 11.3 Å². The zero-order valence-electron chi connectivity index (χ0n) is 11.7.